The fraction of sp³-hybridized carbons (Fsp3) is 0.500. The lowest BCUT2D eigenvalue weighted by Gasteiger charge is -2.26. The van der Waals surface area contributed by atoms with Crippen LogP contribution in [-0.2, 0) is 24.3 Å². The predicted octanol–water partition coefficient (Wildman–Crippen LogP) is 1.33. The van der Waals surface area contributed by atoms with Gasteiger partial charge in [0, 0.05) is 31.9 Å². The summed E-state index contributed by atoms with van der Waals surface area (Å²) in [4.78, 5) is 22.8. The van der Waals surface area contributed by atoms with E-state index < -0.39 is 0 Å². The van der Waals surface area contributed by atoms with Crippen LogP contribution in [0.25, 0.3) is 0 Å². The van der Waals surface area contributed by atoms with Crippen LogP contribution >= 0.6 is 0 Å². The monoisotopic (exact) mass is 314 g/mol. The zero-order valence-electron chi connectivity index (χ0n) is 13.6. The van der Waals surface area contributed by atoms with Crippen molar-refractivity contribution in [1.29, 1.82) is 0 Å². The maximum absolute atomic E-state index is 12.3. The van der Waals surface area contributed by atoms with Gasteiger partial charge in [0.15, 0.2) is 0 Å². The molecule has 0 saturated heterocycles. The van der Waals surface area contributed by atoms with Crippen LogP contribution in [0.5, 0.6) is 0 Å². The molecule has 0 aliphatic carbocycles. The molecule has 2 aromatic rings. The second-order valence-corrected chi connectivity index (χ2v) is 6.30. The molecular weight excluding hydrogens is 292 g/mol. The van der Waals surface area contributed by atoms with E-state index >= 15 is 0 Å². The van der Waals surface area contributed by atoms with Crippen LogP contribution < -0.4 is 5.32 Å². The molecule has 0 saturated carbocycles. The van der Waals surface area contributed by atoms with Crippen LogP contribution in [-0.4, -0.2) is 43.6 Å². The van der Waals surface area contributed by atoms with Crippen LogP contribution in [0.3, 0.4) is 0 Å². The van der Waals surface area contributed by atoms with Crippen molar-refractivity contribution in [3.05, 3.63) is 36.0 Å². The van der Waals surface area contributed by atoms with E-state index in [1.54, 1.807) is 12.5 Å². The second kappa shape index (κ2) is 6.87. The smallest absolute Gasteiger partial charge is 0.239 e. The predicted molar refractivity (Wildman–Crippen MR) is 86.7 cm³/mol. The lowest BCUT2D eigenvalue weighted by atomic mass is 10.1. The Kier molecular flexibility index (Phi) is 4.66. The van der Waals surface area contributed by atoms with Crippen molar-refractivity contribution in [1.82, 2.24) is 24.6 Å². The number of hydrogen-bond donors (Lipinski definition) is 1. The van der Waals surface area contributed by atoms with Gasteiger partial charge >= 0.3 is 0 Å². The Morgan fingerprint density at radius 1 is 1.43 bits per heavy atom. The molecule has 0 bridgehead atoms. The minimum Gasteiger partial charge on any atom is -0.310 e. The molecule has 0 fully saturated rings. The molecule has 7 heteroatoms. The fourth-order valence-corrected chi connectivity index (χ4v) is 2.76. The third-order valence-electron chi connectivity index (χ3n) is 3.84. The minimum atomic E-state index is -0.0204. The molecular formula is C16H22N6O. The highest BCUT2D eigenvalue weighted by Crippen LogP contribution is 2.15. The molecule has 3 heterocycles. The highest BCUT2D eigenvalue weighted by molar-refractivity contribution is 5.91. The van der Waals surface area contributed by atoms with E-state index in [9.17, 15) is 4.79 Å². The number of anilines is 1. The summed E-state index contributed by atoms with van der Waals surface area (Å²) in [7, 11) is 0. The summed E-state index contributed by atoms with van der Waals surface area (Å²) in [5, 5.41) is 7.21. The van der Waals surface area contributed by atoms with Gasteiger partial charge in [-0.15, -0.1) is 0 Å². The Bertz CT molecular complexity index is 681. The average Bonchev–Trinajstić information content (AvgIpc) is 2.93. The first-order valence-electron chi connectivity index (χ1n) is 7.93. The van der Waals surface area contributed by atoms with Gasteiger partial charge in [0.05, 0.1) is 18.4 Å². The minimum absolute atomic E-state index is 0.0204. The van der Waals surface area contributed by atoms with E-state index in [4.69, 9.17) is 0 Å². The highest BCUT2D eigenvalue weighted by atomic mass is 16.2. The molecule has 7 nitrogen and oxygen atoms in total. The average molecular weight is 314 g/mol. The largest absolute Gasteiger partial charge is 0.310 e. The molecule has 2 aromatic heterocycles. The molecule has 0 spiro atoms. The molecule has 0 atom stereocenters. The number of fused-ring (bicyclic) bond motifs is 1. The number of carbonyl (C=O) groups excluding carboxylic acids is 1. The molecule has 0 aromatic carbocycles. The summed E-state index contributed by atoms with van der Waals surface area (Å²) in [6.07, 6.45) is 6.03. The van der Waals surface area contributed by atoms with Crippen molar-refractivity contribution in [2.75, 3.05) is 18.4 Å². The van der Waals surface area contributed by atoms with Crippen LogP contribution in [0, 0.1) is 5.92 Å². The van der Waals surface area contributed by atoms with Gasteiger partial charge in [-0.1, -0.05) is 13.8 Å². The summed E-state index contributed by atoms with van der Waals surface area (Å²) in [5.41, 5.74) is 2.20. The van der Waals surface area contributed by atoms with Crippen molar-refractivity contribution in [3.63, 3.8) is 0 Å². The van der Waals surface area contributed by atoms with Gasteiger partial charge in [0.2, 0.25) is 5.91 Å². The molecule has 1 amide bonds. The first-order valence-corrected chi connectivity index (χ1v) is 7.93. The summed E-state index contributed by atoms with van der Waals surface area (Å²) in [6, 6.07) is 1.83. The van der Waals surface area contributed by atoms with E-state index in [2.05, 4.69) is 39.1 Å². The maximum atomic E-state index is 12.3. The summed E-state index contributed by atoms with van der Waals surface area (Å²) < 4.78 is 1.83. The number of rotatable bonds is 5. The van der Waals surface area contributed by atoms with Crippen LogP contribution in [0.4, 0.5) is 5.82 Å². The Balaban J connectivity index is 1.57. The summed E-state index contributed by atoms with van der Waals surface area (Å²) in [5.74, 6) is 1.21. The molecule has 1 aliphatic heterocycles. The number of nitrogens with zero attached hydrogens (tertiary/aromatic N) is 5. The van der Waals surface area contributed by atoms with Gasteiger partial charge < -0.3 is 5.32 Å². The van der Waals surface area contributed by atoms with Gasteiger partial charge in [0.1, 0.15) is 12.1 Å². The molecule has 0 unspecified atom stereocenters. The third-order valence-corrected chi connectivity index (χ3v) is 3.84. The zero-order valence-corrected chi connectivity index (χ0v) is 13.6. The van der Waals surface area contributed by atoms with Gasteiger partial charge in [-0.25, -0.2) is 14.6 Å². The first kappa shape index (κ1) is 15.6. The summed E-state index contributed by atoms with van der Waals surface area (Å²) in [6.45, 7) is 6.93. The maximum Gasteiger partial charge on any atom is 0.239 e. The van der Waals surface area contributed by atoms with Crippen LogP contribution in [0.2, 0.25) is 0 Å². The lowest BCUT2D eigenvalue weighted by molar-refractivity contribution is -0.117. The van der Waals surface area contributed by atoms with Crippen molar-refractivity contribution >= 4 is 11.7 Å². The molecule has 1 N–H and O–H groups in total. The van der Waals surface area contributed by atoms with E-state index in [0.717, 1.165) is 31.0 Å². The third kappa shape index (κ3) is 3.92. The van der Waals surface area contributed by atoms with E-state index in [-0.39, 0.29) is 5.91 Å². The topological polar surface area (TPSA) is 75.9 Å². The second-order valence-electron chi connectivity index (χ2n) is 6.30. The quantitative estimate of drug-likeness (QED) is 0.901. The Hall–Kier alpha value is -2.28. The van der Waals surface area contributed by atoms with Crippen molar-refractivity contribution in [2.45, 2.75) is 33.4 Å². The van der Waals surface area contributed by atoms with Crippen LogP contribution in [0.15, 0.2) is 24.8 Å². The van der Waals surface area contributed by atoms with Crippen molar-refractivity contribution < 1.29 is 4.79 Å². The SMILES string of the molecule is CC(C)Cn1nccc1NC(=O)CN1CCc2cncnc2C1. The van der Waals surface area contributed by atoms with E-state index in [0.29, 0.717) is 19.0 Å². The first-order chi connectivity index (χ1) is 11.1. The molecule has 1 aliphatic rings. The van der Waals surface area contributed by atoms with Gasteiger partial charge in [-0.05, 0) is 17.9 Å². The van der Waals surface area contributed by atoms with E-state index in [1.807, 2.05) is 16.9 Å². The molecule has 23 heavy (non-hydrogen) atoms. The summed E-state index contributed by atoms with van der Waals surface area (Å²) >= 11 is 0. The standard InChI is InChI=1S/C16H22N6O/c1-12(2)8-22-15(3-5-19-22)20-16(23)10-21-6-4-13-7-17-11-18-14(13)9-21/h3,5,7,11-12H,4,6,8-10H2,1-2H3,(H,20,23). The number of carbonyl (C=O) groups is 1. The lowest BCUT2D eigenvalue weighted by Crippen LogP contribution is -2.37. The Morgan fingerprint density at radius 2 is 2.30 bits per heavy atom. The fourth-order valence-electron chi connectivity index (χ4n) is 2.76. The van der Waals surface area contributed by atoms with Crippen molar-refractivity contribution in [2.24, 2.45) is 5.92 Å². The van der Waals surface area contributed by atoms with Gasteiger partial charge in [-0.2, -0.15) is 5.10 Å². The number of amides is 1. The molecule has 3 rings (SSSR count). The molecule has 122 valence electrons. The normalized spacial score (nSPS) is 14.7. The number of nitrogens with one attached hydrogen (secondary N) is 1. The van der Waals surface area contributed by atoms with Crippen LogP contribution in [0.1, 0.15) is 25.1 Å². The van der Waals surface area contributed by atoms with E-state index in [1.165, 1.54) is 5.56 Å². The van der Waals surface area contributed by atoms with Gasteiger partial charge in [0.25, 0.3) is 0 Å². The number of hydrogen-bond acceptors (Lipinski definition) is 5. The zero-order chi connectivity index (χ0) is 16.2. The molecule has 0 radical (unpaired) electrons. The van der Waals surface area contributed by atoms with Crippen molar-refractivity contribution in [3.8, 4) is 0 Å². The highest BCUT2D eigenvalue weighted by Gasteiger charge is 2.20. The Labute approximate surface area is 135 Å². The Morgan fingerprint density at radius 3 is 3.13 bits per heavy atom. The number of aromatic nitrogens is 4. The van der Waals surface area contributed by atoms with Gasteiger partial charge in [-0.3, -0.25) is 9.69 Å².